The van der Waals surface area contributed by atoms with E-state index in [4.69, 9.17) is 21.8 Å². The first-order valence-electron chi connectivity index (χ1n) is 5.42. The summed E-state index contributed by atoms with van der Waals surface area (Å²) in [5.41, 5.74) is 0.597. The Bertz CT molecular complexity index is 395. The van der Waals surface area contributed by atoms with Gasteiger partial charge in [0.2, 0.25) is 0 Å². The monoisotopic (exact) mass is 257 g/mol. The highest BCUT2D eigenvalue weighted by molar-refractivity contribution is 6.34. The molecule has 0 spiro atoms. The van der Waals surface area contributed by atoms with Crippen molar-refractivity contribution in [2.24, 2.45) is 5.92 Å². The van der Waals surface area contributed by atoms with Gasteiger partial charge in [0.15, 0.2) is 0 Å². The summed E-state index contributed by atoms with van der Waals surface area (Å²) in [5, 5.41) is 21.1. The van der Waals surface area contributed by atoms with E-state index in [-0.39, 0.29) is 23.1 Å². The molecule has 1 aromatic carbocycles. The van der Waals surface area contributed by atoms with E-state index in [0.717, 1.165) is 0 Å². The molecule has 0 aliphatic heterocycles. The summed E-state index contributed by atoms with van der Waals surface area (Å²) in [6.07, 6.45) is 0.677. The molecule has 0 saturated heterocycles. The van der Waals surface area contributed by atoms with E-state index in [9.17, 15) is 4.79 Å². The molecule has 0 heterocycles. The van der Waals surface area contributed by atoms with E-state index in [2.05, 4.69) is 5.32 Å². The molecule has 1 unspecified atom stereocenters. The van der Waals surface area contributed by atoms with E-state index < -0.39 is 5.97 Å². The molecule has 17 heavy (non-hydrogen) atoms. The topological polar surface area (TPSA) is 69.6 Å². The summed E-state index contributed by atoms with van der Waals surface area (Å²) in [4.78, 5) is 11.0. The normalized spacial score (nSPS) is 12.2. The van der Waals surface area contributed by atoms with Gasteiger partial charge in [-0.25, -0.2) is 4.79 Å². The van der Waals surface area contributed by atoms with E-state index in [1.54, 1.807) is 18.2 Å². The van der Waals surface area contributed by atoms with Crippen molar-refractivity contribution < 1.29 is 15.0 Å². The molecule has 0 aliphatic rings. The molecule has 0 aliphatic carbocycles. The molecule has 1 rings (SSSR count). The third-order valence-corrected chi connectivity index (χ3v) is 2.81. The van der Waals surface area contributed by atoms with Gasteiger partial charge in [-0.15, -0.1) is 0 Å². The first kappa shape index (κ1) is 13.8. The fourth-order valence-electron chi connectivity index (χ4n) is 1.50. The second-order valence-electron chi connectivity index (χ2n) is 3.97. The average molecular weight is 258 g/mol. The van der Waals surface area contributed by atoms with Crippen LogP contribution < -0.4 is 5.32 Å². The maximum Gasteiger partial charge on any atom is 0.339 e. The van der Waals surface area contributed by atoms with Crippen LogP contribution in [0.25, 0.3) is 0 Å². The van der Waals surface area contributed by atoms with Gasteiger partial charge in [0, 0.05) is 13.2 Å². The quantitative estimate of drug-likeness (QED) is 0.732. The van der Waals surface area contributed by atoms with Gasteiger partial charge in [0.05, 0.1) is 10.7 Å². The average Bonchev–Trinajstić information content (AvgIpc) is 2.26. The van der Waals surface area contributed by atoms with Gasteiger partial charge in [-0.3, -0.25) is 0 Å². The van der Waals surface area contributed by atoms with Crippen molar-refractivity contribution >= 4 is 23.3 Å². The smallest absolute Gasteiger partial charge is 0.339 e. The molecule has 0 bridgehead atoms. The van der Waals surface area contributed by atoms with Gasteiger partial charge < -0.3 is 15.5 Å². The Labute approximate surface area is 105 Å². The molecule has 5 heteroatoms. The van der Waals surface area contributed by atoms with Crippen LogP contribution in [0.15, 0.2) is 18.2 Å². The van der Waals surface area contributed by atoms with Crippen LogP contribution in [0.3, 0.4) is 0 Å². The molecule has 0 saturated carbocycles. The molecule has 94 valence electrons. The number of anilines is 1. The lowest BCUT2D eigenvalue weighted by Gasteiger charge is -2.14. The number of hydrogen-bond acceptors (Lipinski definition) is 3. The minimum absolute atomic E-state index is 0.0883. The van der Waals surface area contributed by atoms with Crippen molar-refractivity contribution in [2.45, 2.75) is 13.3 Å². The number of aromatic carboxylic acids is 1. The van der Waals surface area contributed by atoms with Crippen LogP contribution in [0.5, 0.6) is 0 Å². The Morgan fingerprint density at radius 3 is 2.82 bits per heavy atom. The van der Waals surface area contributed by atoms with E-state index in [1.165, 1.54) is 0 Å². The van der Waals surface area contributed by atoms with E-state index >= 15 is 0 Å². The number of benzene rings is 1. The van der Waals surface area contributed by atoms with Crippen molar-refractivity contribution in [3.63, 3.8) is 0 Å². The summed E-state index contributed by atoms with van der Waals surface area (Å²) in [6, 6.07) is 4.93. The molecular weight excluding hydrogens is 242 g/mol. The van der Waals surface area contributed by atoms with Crippen LogP contribution in [0.2, 0.25) is 5.02 Å². The predicted octanol–water partition coefficient (Wildman–Crippen LogP) is 2.47. The zero-order valence-electron chi connectivity index (χ0n) is 9.61. The highest BCUT2D eigenvalue weighted by Gasteiger charge is 2.14. The lowest BCUT2D eigenvalue weighted by atomic mass is 10.1. The number of carboxylic acid groups (broad SMARTS) is 1. The number of aliphatic hydroxyl groups excluding tert-OH is 1. The molecule has 0 fully saturated rings. The van der Waals surface area contributed by atoms with Gasteiger partial charge in [-0.2, -0.15) is 0 Å². The highest BCUT2D eigenvalue weighted by atomic mass is 35.5. The molecule has 1 aromatic rings. The number of rotatable bonds is 6. The Hall–Kier alpha value is -1.26. The zero-order chi connectivity index (χ0) is 12.8. The summed E-state index contributed by atoms with van der Waals surface area (Å²) in [5.74, 6) is -0.784. The van der Waals surface area contributed by atoms with Gasteiger partial charge in [0.25, 0.3) is 0 Å². The van der Waals surface area contributed by atoms with Crippen LogP contribution in [-0.2, 0) is 0 Å². The third-order valence-electron chi connectivity index (χ3n) is 2.49. The van der Waals surface area contributed by atoms with Crippen molar-refractivity contribution in [3.8, 4) is 0 Å². The Balaban J connectivity index is 2.77. The summed E-state index contributed by atoms with van der Waals surface area (Å²) in [7, 11) is 0. The molecule has 0 aromatic heterocycles. The number of carboxylic acids is 1. The maximum absolute atomic E-state index is 11.0. The first-order valence-corrected chi connectivity index (χ1v) is 5.80. The van der Waals surface area contributed by atoms with E-state index in [1.807, 2.05) is 6.92 Å². The second-order valence-corrected chi connectivity index (χ2v) is 4.37. The zero-order valence-corrected chi connectivity index (χ0v) is 10.4. The minimum Gasteiger partial charge on any atom is -0.478 e. The van der Waals surface area contributed by atoms with Gasteiger partial charge in [-0.1, -0.05) is 24.6 Å². The third kappa shape index (κ3) is 3.91. The van der Waals surface area contributed by atoms with Crippen molar-refractivity contribution in [1.82, 2.24) is 0 Å². The van der Waals surface area contributed by atoms with Crippen LogP contribution in [0, 0.1) is 5.92 Å². The molecule has 0 radical (unpaired) electrons. The van der Waals surface area contributed by atoms with Gasteiger partial charge in [-0.05, 0) is 24.5 Å². The number of carbonyl (C=O) groups is 1. The molecule has 4 nitrogen and oxygen atoms in total. The first-order chi connectivity index (χ1) is 8.06. The summed E-state index contributed by atoms with van der Waals surface area (Å²) < 4.78 is 0. The van der Waals surface area contributed by atoms with Crippen LogP contribution in [0.4, 0.5) is 5.69 Å². The maximum atomic E-state index is 11.0. The molecule has 1 atom stereocenters. The van der Waals surface area contributed by atoms with Crippen LogP contribution in [0.1, 0.15) is 23.7 Å². The highest BCUT2D eigenvalue weighted by Crippen LogP contribution is 2.24. The van der Waals surface area contributed by atoms with Crippen LogP contribution in [-0.4, -0.2) is 29.3 Å². The van der Waals surface area contributed by atoms with Crippen LogP contribution >= 0.6 is 11.6 Å². The SMILES string of the molecule is CC(CCO)CNc1cccc(Cl)c1C(=O)O. The predicted molar refractivity (Wildman–Crippen MR) is 67.8 cm³/mol. The van der Waals surface area contributed by atoms with Crippen molar-refractivity contribution in [1.29, 1.82) is 0 Å². The fraction of sp³-hybridized carbons (Fsp3) is 0.417. The standard InChI is InChI=1S/C12H16ClNO3/c1-8(5-6-15)7-14-10-4-2-3-9(13)11(10)12(16)17/h2-4,8,14-15H,5-7H2,1H3,(H,16,17). The Morgan fingerprint density at radius 2 is 2.24 bits per heavy atom. The largest absolute Gasteiger partial charge is 0.478 e. The van der Waals surface area contributed by atoms with Crippen molar-refractivity contribution in [3.05, 3.63) is 28.8 Å². The summed E-state index contributed by atoms with van der Waals surface area (Å²) in [6.45, 7) is 2.71. The summed E-state index contributed by atoms with van der Waals surface area (Å²) >= 11 is 5.84. The van der Waals surface area contributed by atoms with Crippen molar-refractivity contribution in [2.75, 3.05) is 18.5 Å². The fourth-order valence-corrected chi connectivity index (χ4v) is 1.75. The minimum atomic E-state index is -1.05. The Kier molecular flexibility index (Phi) is 5.25. The Morgan fingerprint density at radius 1 is 1.53 bits per heavy atom. The van der Waals surface area contributed by atoms with Gasteiger partial charge >= 0.3 is 5.97 Å². The molecule has 0 amide bonds. The number of nitrogens with one attached hydrogen (secondary N) is 1. The lowest BCUT2D eigenvalue weighted by Crippen LogP contribution is -2.15. The van der Waals surface area contributed by atoms with E-state index in [0.29, 0.717) is 18.7 Å². The molecular formula is C12H16ClNO3. The lowest BCUT2D eigenvalue weighted by molar-refractivity contribution is 0.0698. The second kappa shape index (κ2) is 6.47. The molecule has 3 N–H and O–H groups in total. The number of hydrogen-bond donors (Lipinski definition) is 3. The number of halogens is 1. The number of aliphatic hydroxyl groups is 1. The van der Waals surface area contributed by atoms with Gasteiger partial charge in [0.1, 0.15) is 5.56 Å².